The fourth-order valence-corrected chi connectivity index (χ4v) is 1.87. The second-order valence-corrected chi connectivity index (χ2v) is 4.70. The van der Waals surface area contributed by atoms with E-state index in [-0.39, 0.29) is 11.0 Å². The summed E-state index contributed by atoms with van der Waals surface area (Å²) in [6, 6.07) is 0.274. The van der Waals surface area contributed by atoms with Gasteiger partial charge in [0.2, 0.25) is 0 Å². The molecule has 0 atom stereocenters. The number of nitro groups is 1. The lowest BCUT2D eigenvalue weighted by atomic mass is 10.4. The normalized spacial score (nSPS) is 10.8. The van der Waals surface area contributed by atoms with E-state index in [1.54, 1.807) is 10.9 Å². The van der Waals surface area contributed by atoms with Crippen LogP contribution in [0.25, 0.3) is 0 Å². The quantitative estimate of drug-likeness (QED) is 0.668. The molecule has 0 spiro atoms. The lowest BCUT2D eigenvalue weighted by molar-refractivity contribution is -0.380. The minimum absolute atomic E-state index is 0.0174. The number of hydrogen-bond acceptors (Lipinski definition) is 6. The molecule has 7 nitrogen and oxygen atoms in total. The Morgan fingerprint density at radius 1 is 1.53 bits per heavy atom. The summed E-state index contributed by atoms with van der Waals surface area (Å²) in [6.45, 7) is 4.04. The molecule has 0 aliphatic rings. The van der Waals surface area contributed by atoms with Crippen molar-refractivity contribution < 1.29 is 4.92 Å². The maximum atomic E-state index is 10.5. The van der Waals surface area contributed by atoms with Gasteiger partial charge in [-0.3, -0.25) is 14.8 Å². The number of thiazole rings is 1. The number of nitrogens with zero attached hydrogens (tertiary/aromatic N) is 4. The Hall–Kier alpha value is -1.96. The molecule has 17 heavy (non-hydrogen) atoms. The molecule has 8 heteroatoms. The molecule has 0 fully saturated rings. The van der Waals surface area contributed by atoms with Crippen molar-refractivity contribution in [2.24, 2.45) is 0 Å². The van der Waals surface area contributed by atoms with Crippen molar-refractivity contribution in [3.63, 3.8) is 0 Å². The molecule has 2 aromatic rings. The lowest BCUT2D eigenvalue weighted by Crippen LogP contribution is -1.99. The molecule has 2 rings (SSSR count). The fraction of sp³-hybridized carbons (Fsp3) is 0.333. The molecule has 0 saturated carbocycles. The molecule has 2 aromatic heterocycles. The Morgan fingerprint density at radius 3 is 2.82 bits per heavy atom. The fourth-order valence-electron chi connectivity index (χ4n) is 1.22. The van der Waals surface area contributed by atoms with Crippen LogP contribution in [0.1, 0.15) is 19.9 Å². The highest BCUT2D eigenvalue weighted by Gasteiger charge is 2.12. The zero-order chi connectivity index (χ0) is 12.4. The zero-order valence-electron chi connectivity index (χ0n) is 9.32. The van der Waals surface area contributed by atoms with Crippen molar-refractivity contribution in [3.8, 4) is 0 Å². The predicted molar refractivity (Wildman–Crippen MR) is 64.7 cm³/mol. The Morgan fingerprint density at radius 2 is 2.29 bits per heavy atom. The average Bonchev–Trinajstić information content (AvgIpc) is 2.87. The molecular formula is C9H11N5O2S. The van der Waals surface area contributed by atoms with E-state index in [4.69, 9.17) is 0 Å². The van der Waals surface area contributed by atoms with Gasteiger partial charge >= 0.3 is 5.00 Å². The van der Waals surface area contributed by atoms with E-state index in [9.17, 15) is 10.1 Å². The summed E-state index contributed by atoms with van der Waals surface area (Å²) in [6.07, 6.45) is 4.73. The van der Waals surface area contributed by atoms with Gasteiger partial charge in [0, 0.05) is 12.2 Å². The highest BCUT2D eigenvalue weighted by molar-refractivity contribution is 7.18. The third-order valence-corrected chi connectivity index (χ3v) is 2.92. The maximum absolute atomic E-state index is 10.5. The second-order valence-electron chi connectivity index (χ2n) is 3.69. The lowest BCUT2D eigenvalue weighted by Gasteiger charge is -2.02. The smallest absolute Gasteiger partial charge is 0.329 e. The number of aromatic nitrogens is 3. The Labute approximate surface area is 101 Å². The van der Waals surface area contributed by atoms with E-state index in [1.807, 2.05) is 20.0 Å². The van der Waals surface area contributed by atoms with Gasteiger partial charge in [-0.1, -0.05) is 0 Å². The summed E-state index contributed by atoms with van der Waals surface area (Å²) in [7, 11) is 0. The van der Waals surface area contributed by atoms with Gasteiger partial charge in [-0.25, -0.2) is 4.98 Å². The van der Waals surface area contributed by atoms with Crippen molar-refractivity contribution in [2.75, 3.05) is 5.32 Å². The van der Waals surface area contributed by atoms with Crippen molar-refractivity contribution in [3.05, 3.63) is 28.7 Å². The van der Waals surface area contributed by atoms with Gasteiger partial charge in [-0.05, 0) is 25.2 Å². The first kappa shape index (κ1) is 11.5. The first-order valence-electron chi connectivity index (χ1n) is 4.97. The van der Waals surface area contributed by atoms with Crippen LogP contribution in [0.3, 0.4) is 0 Å². The highest BCUT2D eigenvalue weighted by atomic mass is 32.1. The van der Waals surface area contributed by atoms with Crippen molar-refractivity contribution >= 4 is 27.2 Å². The molecule has 0 radical (unpaired) electrons. The molecule has 1 N–H and O–H groups in total. The summed E-state index contributed by atoms with van der Waals surface area (Å²) in [5.41, 5.74) is 0.767. The number of rotatable bonds is 4. The predicted octanol–water partition coefficient (Wildman–Crippen LogP) is 2.57. The number of nitrogens with one attached hydrogen (secondary N) is 1. The van der Waals surface area contributed by atoms with Gasteiger partial charge in [0.15, 0.2) is 5.13 Å². The van der Waals surface area contributed by atoms with E-state index in [0.717, 1.165) is 17.0 Å². The van der Waals surface area contributed by atoms with Gasteiger partial charge in [0.1, 0.15) is 6.20 Å². The van der Waals surface area contributed by atoms with E-state index in [0.29, 0.717) is 5.13 Å². The summed E-state index contributed by atoms with van der Waals surface area (Å²) in [5.74, 6) is 0. The number of anilines is 2. The molecule has 0 aliphatic heterocycles. The molecule has 2 heterocycles. The number of hydrogen-bond donors (Lipinski definition) is 1. The monoisotopic (exact) mass is 253 g/mol. The molecule has 0 aromatic carbocycles. The van der Waals surface area contributed by atoms with Crippen molar-refractivity contribution in [2.45, 2.75) is 19.9 Å². The molecule has 0 bridgehead atoms. The topological polar surface area (TPSA) is 85.9 Å². The second kappa shape index (κ2) is 4.50. The molecule has 0 aliphatic carbocycles. The van der Waals surface area contributed by atoms with Crippen LogP contribution in [0.5, 0.6) is 0 Å². The standard InChI is InChI=1S/C9H11N5O2S/c1-6(2)13-5-7(3-11-13)12-9-10-4-8(17-9)14(15)16/h3-6H,1-2H3,(H,10,12). The Bertz CT molecular complexity index is 533. The van der Waals surface area contributed by atoms with Gasteiger partial charge in [0.05, 0.1) is 16.8 Å². The van der Waals surface area contributed by atoms with Crippen LogP contribution < -0.4 is 5.32 Å². The first-order valence-corrected chi connectivity index (χ1v) is 5.79. The van der Waals surface area contributed by atoms with Crippen LogP contribution in [0, 0.1) is 10.1 Å². The minimum atomic E-state index is -0.458. The van der Waals surface area contributed by atoms with E-state index >= 15 is 0 Å². The minimum Gasteiger partial charge on any atom is -0.329 e. The zero-order valence-corrected chi connectivity index (χ0v) is 10.1. The molecule has 90 valence electrons. The molecule has 0 saturated heterocycles. The third kappa shape index (κ3) is 2.59. The van der Waals surface area contributed by atoms with Crippen molar-refractivity contribution in [1.29, 1.82) is 0 Å². The Kier molecular flexibility index (Phi) is 3.05. The molecule has 0 amide bonds. The van der Waals surface area contributed by atoms with E-state index in [1.165, 1.54) is 6.20 Å². The van der Waals surface area contributed by atoms with Crippen LogP contribution >= 0.6 is 11.3 Å². The SMILES string of the molecule is CC(C)n1cc(Nc2ncc([N+](=O)[O-])s2)cn1. The largest absolute Gasteiger partial charge is 0.345 e. The summed E-state index contributed by atoms with van der Waals surface area (Å²) < 4.78 is 1.80. The molecular weight excluding hydrogens is 242 g/mol. The summed E-state index contributed by atoms with van der Waals surface area (Å²) >= 11 is 0.995. The van der Waals surface area contributed by atoms with E-state index < -0.39 is 4.92 Å². The summed E-state index contributed by atoms with van der Waals surface area (Å²) in [4.78, 5) is 13.9. The van der Waals surface area contributed by atoms with Crippen LogP contribution in [-0.2, 0) is 0 Å². The van der Waals surface area contributed by atoms with Gasteiger partial charge < -0.3 is 5.32 Å². The van der Waals surface area contributed by atoms with Gasteiger partial charge in [-0.15, -0.1) is 0 Å². The highest BCUT2D eigenvalue weighted by Crippen LogP contribution is 2.27. The van der Waals surface area contributed by atoms with Gasteiger partial charge in [-0.2, -0.15) is 5.10 Å². The Balaban J connectivity index is 2.11. The summed E-state index contributed by atoms with van der Waals surface area (Å²) in [5, 5.41) is 18.1. The van der Waals surface area contributed by atoms with Crippen LogP contribution in [-0.4, -0.2) is 19.7 Å². The molecule has 0 unspecified atom stereocenters. The van der Waals surface area contributed by atoms with Crippen LogP contribution in [0.4, 0.5) is 15.8 Å². The van der Waals surface area contributed by atoms with Crippen LogP contribution in [0.15, 0.2) is 18.6 Å². The van der Waals surface area contributed by atoms with Crippen molar-refractivity contribution in [1.82, 2.24) is 14.8 Å². The first-order chi connectivity index (χ1) is 8.06. The van der Waals surface area contributed by atoms with Crippen LogP contribution in [0.2, 0.25) is 0 Å². The van der Waals surface area contributed by atoms with E-state index in [2.05, 4.69) is 15.4 Å². The maximum Gasteiger partial charge on any atom is 0.345 e. The third-order valence-electron chi connectivity index (χ3n) is 2.06. The average molecular weight is 253 g/mol. The van der Waals surface area contributed by atoms with Gasteiger partial charge in [0.25, 0.3) is 0 Å².